The molecule has 0 aromatic carbocycles. The average molecular weight is 251 g/mol. The molecule has 6 heteroatoms. The Balaban J connectivity index is 1.90. The van der Waals surface area contributed by atoms with Gasteiger partial charge in [0.1, 0.15) is 11.5 Å². The number of rotatable bonds is 3. The van der Waals surface area contributed by atoms with E-state index in [1.54, 1.807) is 11.6 Å². The zero-order valence-corrected chi connectivity index (χ0v) is 10.4. The van der Waals surface area contributed by atoms with Gasteiger partial charge in [0, 0.05) is 11.6 Å². The Morgan fingerprint density at radius 1 is 1.53 bits per heavy atom. The average Bonchev–Trinajstić information content (AvgIpc) is 2.89. The highest BCUT2D eigenvalue weighted by Crippen LogP contribution is 2.16. The lowest BCUT2D eigenvalue weighted by molar-refractivity contribution is 0.247. The second-order valence-corrected chi connectivity index (χ2v) is 4.50. The summed E-state index contributed by atoms with van der Waals surface area (Å²) in [5.41, 5.74) is 0. The van der Waals surface area contributed by atoms with E-state index in [-0.39, 0.29) is 12.1 Å². The third-order valence-corrected chi connectivity index (χ3v) is 2.88. The number of carbonyl (C=O) groups excluding carboxylic acids is 1. The molecule has 90 valence electrons. The van der Waals surface area contributed by atoms with Gasteiger partial charge in [-0.05, 0) is 26.0 Å². The molecule has 0 aliphatic heterocycles. The highest BCUT2D eigenvalue weighted by molar-refractivity contribution is 7.13. The number of aromatic nitrogens is 1. The van der Waals surface area contributed by atoms with Crippen LogP contribution >= 0.6 is 11.3 Å². The molecule has 5 nitrogen and oxygen atoms in total. The quantitative estimate of drug-likeness (QED) is 0.881. The molecule has 2 N–H and O–H groups in total. The van der Waals surface area contributed by atoms with E-state index in [9.17, 15) is 4.79 Å². The summed E-state index contributed by atoms with van der Waals surface area (Å²) in [7, 11) is 0. The van der Waals surface area contributed by atoms with E-state index in [4.69, 9.17) is 4.42 Å². The Morgan fingerprint density at radius 3 is 2.94 bits per heavy atom. The molecule has 2 amide bonds. The molecule has 2 heterocycles. The number of amides is 2. The molecule has 1 atom stereocenters. The van der Waals surface area contributed by atoms with E-state index < -0.39 is 0 Å². The SMILES string of the molecule is Cc1ccc(C(C)NC(=O)Nc2nccs2)o1. The number of anilines is 1. The summed E-state index contributed by atoms with van der Waals surface area (Å²) in [5, 5.41) is 7.79. The predicted octanol–water partition coefficient (Wildman–Crippen LogP) is 2.93. The topological polar surface area (TPSA) is 67.2 Å². The van der Waals surface area contributed by atoms with Crippen LogP contribution in [0.4, 0.5) is 9.93 Å². The molecule has 0 bridgehead atoms. The lowest BCUT2D eigenvalue weighted by atomic mass is 10.2. The highest BCUT2D eigenvalue weighted by Gasteiger charge is 2.13. The number of hydrogen-bond acceptors (Lipinski definition) is 4. The van der Waals surface area contributed by atoms with Gasteiger partial charge in [-0.1, -0.05) is 0 Å². The van der Waals surface area contributed by atoms with Crippen molar-refractivity contribution in [1.29, 1.82) is 0 Å². The van der Waals surface area contributed by atoms with Gasteiger partial charge < -0.3 is 9.73 Å². The van der Waals surface area contributed by atoms with Gasteiger partial charge in [0.25, 0.3) is 0 Å². The number of nitrogens with one attached hydrogen (secondary N) is 2. The first-order chi connectivity index (χ1) is 8.15. The first-order valence-corrected chi connectivity index (χ1v) is 6.06. The van der Waals surface area contributed by atoms with Gasteiger partial charge in [-0.3, -0.25) is 5.32 Å². The van der Waals surface area contributed by atoms with Crippen LogP contribution in [0.25, 0.3) is 0 Å². The summed E-state index contributed by atoms with van der Waals surface area (Å²) < 4.78 is 5.43. The Hall–Kier alpha value is -1.82. The largest absolute Gasteiger partial charge is 0.464 e. The number of urea groups is 1. The number of furan rings is 1. The summed E-state index contributed by atoms with van der Waals surface area (Å²) in [6.45, 7) is 3.73. The molecular weight excluding hydrogens is 238 g/mol. The van der Waals surface area contributed by atoms with E-state index in [1.807, 2.05) is 26.0 Å². The van der Waals surface area contributed by atoms with Crippen LogP contribution in [-0.2, 0) is 0 Å². The van der Waals surface area contributed by atoms with E-state index >= 15 is 0 Å². The van der Waals surface area contributed by atoms with Crippen LogP contribution in [0.2, 0.25) is 0 Å². The van der Waals surface area contributed by atoms with Crippen molar-refractivity contribution in [1.82, 2.24) is 10.3 Å². The van der Waals surface area contributed by atoms with Crippen LogP contribution in [0, 0.1) is 6.92 Å². The Morgan fingerprint density at radius 2 is 2.35 bits per heavy atom. The minimum atomic E-state index is -0.290. The standard InChI is InChI=1S/C11H13N3O2S/c1-7-3-4-9(16-7)8(2)13-10(15)14-11-12-5-6-17-11/h3-6,8H,1-2H3,(H2,12,13,14,15). The van der Waals surface area contributed by atoms with Crippen molar-refractivity contribution in [3.8, 4) is 0 Å². The van der Waals surface area contributed by atoms with Gasteiger partial charge in [-0.25, -0.2) is 9.78 Å². The van der Waals surface area contributed by atoms with Crippen molar-refractivity contribution in [2.24, 2.45) is 0 Å². The minimum Gasteiger partial charge on any atom is -0.464 e. The van der Waals surface area contributed by atoms with Crippen molar-refractivity contribution < 1.29 is 9.21 Å². The van der Waals surface area contributed by atoms with Crippen LogP contribution in [0.15, 0.2) is 28.1 Å². The maximum atomic E-state index is 11.6. The lowest BCUT2D eigenvalue weighted by Gasteiger charge is -2.11. The first kappa shape index (κ1) is 11.7. The molecule has 0 fully saturated rings. The monoisotopic (exact) mass is 251 g/mol. The summed E-state index contributed by atoms with van der Waals surface area (Å²) >= 11 is 1.37. The van der Waals surface area contributed by atoms with Crippen LogP contribution in [0.3, 0.4) is 0 Å². The number of aryl methyl sites for hydroxylation is 1. The van der Waals surface area contributed by atoms with Crippen molar-refractivity contribution in [2.75, 3.05) is 5.32 Å². The van der Waals surface area contributed by atoms with E-state index in [1.165, 1.54) is 11.3 Å². The van der Waals surface area contributed by atoms with Crippen LogP contribution in [-0.4, -0.2) is 11.0 Å². The van der Waals surface area contributed by atoms with Crippen molar-refractivity contribution in [2.45, 2.75) is 19.9 Å². The number of hydrogen-bond donors (Lipinski definition) is 2. The summed E-state index contributed by atoms with van der Waals surface area (Å²) in [6.07, 6.45) is 1.64. The Labute approximate surface area is 103 Å². The Bertz CT molecular complexity index is 493. The van der Waals surface area contributed by atoms with Crippen molar-refractivity contribution in [3.63, 3.8) is 0 Å². The first-order valence-electron chi connectivity index (χ1n) is 5.18. The molecule has 2 rings (SSSR count). The van der Waals surface area contributed by atoms with E-state index in [0.29, 0.717) is 5.13 Å². The van der Waals surface area contributed by atoms with Crippen molar-refractivity contribution in [3.05, 3.63) is 35.2 Å². The normalized spacial score (nSPS) is 12.1. The summed E-state index contributed by atoms with van der Waals surface area (Å²) in [6, 6.07) is 3.25. The summed E-state index contributed by atoms with van der Waals surface area (Å²) in [4.78, 5) is 15.6. The zero-order chi connectivity index (χ0) is 12.3. The predicted molar refractivity (Wildman–Crippen MR) is 66.1 cm³/mol. The maximum Gasteiger partial charge on any atom is 0.321 e. The molecule has 0 saturated carbocycles. The molecule has 0 aliphatic rings. The zero-order valence-electron chi connectivity index (χ0n) is 9.56. The third kappa shape index (κ3) is 3.07. The van der Waals surface area contributed by atoms with Crippen molar-refractivity contribution >= 4 is 22.5 Å². The molecule has 17 heavy (non-hydrogen) atoms. The van der Waals surface area contributed by atoms with Crippen LogP contribution < -0.4 is 10.6 Å². The van der Waals surface area contributed by atoms with Gasteiger partial charge >= 0.3 is 6.03 Å². The smallest absolute Gasteiger partial charge is 0.321 e. The molecule has 2 aromatic heterocycles. The molecule has 1 unspecified atom stereocenters. The fraction of sp³-hybridized carbons (Fsp3) is 0.273. The molecule has 0 aliphatic carbocycles. The fourth-order valence-electron chi connectivity index (χ4n) is 1.37. The number of nitrogens with zero attached hydrogens (tertiary/aromatic N) is 1. The molecule has 0 radical (unpaired) electrons. The second kappa shape index (κ2) is 5.01. The van der Waals surface area contributed by atoms with Crippen LogP contribution in [0.5, 0.6) is 0 Å². The highest BCUT2D eigenvalue weighted by atomic mass is 32.1. The van der Waals surface area contributed by atoms with Gasteiger partial charge in [0.15, 0.2) is 5.13 Å². The maximum absolute atomic E-state index is 11.6. The fourth-order valence-corrected chi connectivity index (χ4v) is 1.90. The third-order valence-electron chi connectivity index (χ3n) is 2.19. The second-order valence-electron chi connectivity index (χ2n) is 3.61. The number of carbonyl (C=O) groups is 1. The van der Waals surface area contributed by atoms with E-state index in [2.05, 4.69) is 15.6 Å². The molecule has 0 spiro atoms. The summed E-state index contributed by atoms with van der Waals surface area (Å²) in [5.74, 6) is 1.56. The number of thiazole rings is 1. The Kier molecular flexibility index (Phi) is 3.43. The lowest BCUT2D eigenvalue weighted by Crippen LogP contribution is -2.30. The minimum absolute atomic E-state index is 0.177. The molecular formula is C11H13N3O2S. The van der Waals surface area contributed by atoms with Crippen LogP contribution in [0.1, 0.15) is 24.5 Å². The van der Waals surface area contributed by atoms with Gasteiger partial charge in [0.05, 0.1) is 6.04 Å². The molecule has 2 aromatic rings. The van der Waals surface area contributed by atoms with Gasteiger partial charge in [0.2, 0.25) is 0 Å². The molecule has 0 saturated heterocycles. The van der Waals surface area contributed by atoms with Gasteiger partial charge in [-0.2, -0.15) is 0 Å². The van der Waals surface area contributed by atoms with E-state index in [0.717, 1.165) is 11.5 Å². The van der Waals surface area contributed by atoms with Gasteiger partial charge in [-0.15, -0.1) is 11.3 Å².